The van der Waals surface area contributed by atoms with Crippen molar-refractivity contribution >= 4 is 0 Å². The van der Waals surface area contributed by atoms with Crippen molar-refractivity contribution in [3.8, 4) is 0 Å². The minimum Gasteiger partial charge on any atom is -0.340 e. The van der Waals surface area contributed by atoms with Gasteiger partial charge in [-0.1, -0.05) is 13.0 Å². The normalized spacial score (nSPS) is 12.7. The number of nitrogens with zero attached hydrogens (tertiary/aromatic N) is 2. The molecule has 0 spiro atoms. The average molecular weight is 207 g/mol. The van der Waals surface area contributed by atoms with Gasteiger partial charge < -0.3 is 9.88 Å². The van der Waals surface area contributed by atoms with Gasteiger partial charge in [0.25, 0.3) is 0 Å². The van der Waals surface area contributed by atoms with Crippen LogP contribution in [0.4, 0.5) is 0 Å². The lowest BCUT2D eigenvalue weighted by Crippen LogP contribution is -2.21. The van der Waals surface area contributed by atoms with Crippen LogP contribution in [0.3, 0.4) is 0 Å². The van der Waals surface area contributed by atoms with E-state index in [1.54, 1.807) is 0 Å². The molecule has 1 heterocycles. The van der Waals surface area contributed by atoms with E-state index in [1.165, 1.54) is 0 Å². The Morgan fingerprint density at radius 3 is 3.00 bits per heavy atom. The number of imidazole rings is 1. The second kappa shape index (κ2) is 6.40. The third-order valence-electron chi connectivity index (χ3n) is 2.43. The Balaban J connectivity index is 2.52. The van der Waals surface area contributed by atoms with E-state index in [1.807, 2.05) is 24.0 Å². The van der Waals surface area contributed by atoms with Gasteiger partial charge in [0.15, 0.2) is 0 Å². The first-order valence-electron chi connectivity index (χ1n) is 5.60. The van der Waals surface area contributed by atoms with Gasteiger partial charge in [-0.2, -0.15) is 0 Å². The van der Waals surface area contributed by atoms with Crippen molar-refractivity contribution in [2.45, 2.75) is 32.2 Å². The fourth-order valence-corrected chi connectivity index (χ4v) is 1.68. The predicted molar refractivity (Wildman–Crippen MR) is 63.7 cm³/mol. The Kier molecular flexibility index (Phi) is 5.12. The number of hydrogen-bond acceptors (Lipinski definition) is 2. The van der Waals surface area contributed by atoms with Gasteiger partial charge in [0, 0.05) is 13.2 Å². The van der Waals surface area contributed by atoms with Gasteiger partial charge in [0.2, 0.25) is 0 Å². The van der Waals surface area contributed by atoms with Gasteiger partial charge >= 0.3 is 0 Å². The number of aromatic nitrogens is 2. The zero-order valence-corrected chi connectivity index (χ0v) is 9.74. The molecule has 1 atom stereocenters. The van der Waals surface area contributed by atoms with Crippen molar-refractivity contribution in [2.75, 3.05) is 6.54 Å². The van der Waals surface area contributed by atoms with Gasteiger partial charge in [-0.05, 0) is 25.8 Å². The molecule has 0 radical (unpaired) electrons. The van der Waals surface area contributed by atoms with Gasteiger partial charge in [-0.15, -0.1) is 6.58 Å². The molecular formula is C12H21N3. The molecule has 0 saturated carbocycles. The summed E-state index contributed by atoms with van der Waals surface area (Å²) in [6, 6.07) is 0.385. The van der Waals surface area contributed by atoms with Crippen LogP contribution in [0.1, 0.15) is 37.9 Å². The van der Waals surface area contributed by atoms with Crippen LogP contribution in [0.2, 0.25) is 0 Å². The number of rotatable bonds is 7. The summed E-state index contributed by atoms with van der Waals surface area (Å²) in [6.45, 7) is 6.85. The highest BCUT2D eigenvalue weighted by atomic mass is 15.0. The number of aryl methyl sites for hydroxylation is 1. The summed E-state index contributed by atoms with van der Waals surface area (Å²) in [6.07, 6.45) is 9.28. The zero-order chi connectivity index (χ0) is 11.1. The maximum absolute atomic E-state index is 4.39. The summed E-state index contributed by atoms with van der Waals surface area (Å²) in [5.74, 6) is 0. The molecule has 0 aromatic carbocycles. The summed E-state index contributed by atoms with van der Waals surface area (Å²) in [7, 11) is 2.00. The van der Waals surface area contributed by atoms with Crippen molar-refractivity contribution in [1.29, 1.82) is 0 Å². The Morgan fingerprint density at radius 1 is 1.67 bits per heavy atom. The molecule has 0 aliphatic carbocycles. The third kappa shape index (κ3) is 3.88. The van der Waals surface area contributed by atoms with Gasteiger partial charge in [0.1, 0.15) is 0 Å². The van der Waals surface area contributed by atoms with Crippen LogP contribution in [0, 0.1) is 0 Å². The van der Waals surface area contributed by atoms with E-state index >= 15 is 0 Å². The lowest BCUT2D eigenvalue weighted by Gasteiger charge is -2.14. The largest absolute Gasteiger partial charge is 0.340 e. The Morgan fingerprint density at radius 2 is 2.47 bits per heavy atom. The van der Waals surface area contributed by atoms with E-state index in [0.29, 0.717) is 6.04 Å². The minimum atomic E-state index is 0.385. The number of unbranched alkanes of at least 4 members (excludes halogenated alkanes) is 1. The van der Waals surface area contributed by atoms with Crippen LogP contribution in [-0.4, -0.2) is 16.1 Å². The van der Waals surface area contributed by atoms with Crippen LogP contribution in [0.5, 0.6) is 0 Å². The van der Waals surface area contributed by atoms with Gasteiger partial charge in [-0.3, -0.25) is 0 Å². The highest BCUT2D eigenvalue weighted by molar-refractivity contribution is 5.03. The monoisotopic (exact) mass is 207 g/mol. The summed E-state index contributed by atoms with van der Waals surface area (Å²) in [4.78, 5) is 4.39. The molecule has 0 aliphatic heterocycles. The number of hydrogen-bond donors (Lipinski definition) is 1. The maximum atomic E-state index is 4.39. The van der Waals surface area contributed by atoms with Crippen molar-refractivity contribution in [3.05, 3.63) is 30.9 Å². The van der Waals surface area contributed by atoms with E-state index in [2.05, 4.69) is 30.0 Å². The first-order valence-corrected chi connectivity index (χ1v) is 5.60. The summed E-state index contributed by atoms with van der Waals surface area (Å²) in [5.41, 5.74) is 1.14. The van der Waals surface area contributed by atoms with E-state index in [9.17, 15) is 0 Å². The standard InChI is InChI=1S/C12H21N3/c1-4-6-7-8-11(13-5-2)12-9-15(3)10-14-12/h4,9-11,13H,1,5-8H2,2-3H3. The predicted octanol–water partition coefficient (Wildman–Crippen LogP) is 2.43. The smallest absolute Gasteiger partial charge is 0.0947 e. The quantitative estimate of drug-likeness (QED) is 0.549. The minimum absolute atomic E-state index is 0.385. The molecule has 15 heavy (non-hydrogen) atoms. The summed E-state index contributed by atoms with van der Waals surface area (Å²) in [5, 5.41) is 3.46. The molecular weight excluding hydrogens is 186 g/mol. The molecule has 0 bridgehead atoms. The molecule has 1 rings (SSSR count). The van der Waals surface area contributed by atoms with Gasteiger partial charge in [-0.25, -0.2) is 4.98 Å². The molecule has 0 fully saturated rings. The highest BCUT2D eigenvalue weighted by Gasteiger charge is 2.11. The first kappa shape index (κ1) is 12.0. The van der Waals surface area contributed by atoms with E-state index in [0.717, 1.165) is 31.5 Å². The topological polar surface area (TPSA) is 29.9 Å². The summed E-state index contributed by atoms with van der Waals surface area (Å²) < 4.78 is 1.99. The number of allylic oxidation sites excluding steroid dienone is 1. The second-order valence-electron chi connectivity index (χ2n) is 3.79. The van der Waals surface area contributed by atoms with E-state index < -0.39 is 0 Å². The molecule has 1 unspecified atom stereocenters. The zero-order valence-electron chi connectivity index (χ0n) is 9.74. The van der Waals surface area contributed by atoms with Crippen molar-refractivity contribution in [2.24, 2.45) is 7.05 Å². The van der Waals surface area contributed by atoms with Crippen LogP contribution in [0.25, 0.3) is 0 Å². The Labute approximate surface area is 92.2 Å². The Hall–Kier alpha value is -1.09. The molecule has 3 heteroatoms. The molecule has 84 valence electrons. The van der Waals surface area contributed by atoms with E-state index in [4.69, 9.17) is 0 Å². The Bertz CT molecular complexity index is 291. The summed E-state index contributed by atoms with van der Waals surface area (Å²) >= 11 is 0. The fraction of sp³-hybridized carbons (Fsp3) is 0.583. The molecule has 3 nitrogen and oxygen atoms in total. The highest BCUT2D eigenvalue weighted by Crippen LogP contribution is 2.17. The fourth-order valence-electron chi connectivity index (χ4n) is 1.68. The van der Waals surface area contributed by atoms with Crippen LogP contribution < -0.4 is 5.32 Å². The maximum Gasteiger partial charge on any atom is 0.0947 e. The molecule has 0 saturated heterocycles. The first-order chi connectivity index (χ1) is 7.27. The SMILES string of the molecule is C=CCCCC(NCC)c1cn(C)cn1. The van der Waals surface area contributed by atoms with Crippen LogP contribution in [-0.2, 0) is 7.05 Å². The number of nitrogens with one attached hydrogen (secondary N) is 1. The molecule has 1 N–H and O–H groups in total. The lowest BCUT2D eigenvalue weighted by atomic mass is 10.1. The second-order valence-corrected chi connectivity index (χ2v) is 3.79. The lowest BCUT2D eigenvalue weighted by molar-refractivity contribution is 0.491. The molecule has 1 aromatic rings. The average Bonchev–Trinajstić information content (AvgIpc) is 2.64. The van der Waals surface area contributed by atoms with Gasteiger partial charge in [0.05, 0.1) is 18.1 Å². The van der Waals surface area contributed by atoms with Crippen LogP contribution in [0.15, 0.2) is 25.2 Å². The van der Waals surface area contributed by atoms with Crippen molar-refractivity contribution in [3.63, 3.8) is 0 Å². The molecule has 0 aliphatic rings. The van der Waals surface area contributed by atoms with Crippen molar-refractivity contribution < 1.29 is 0 Å². The van der Waals surface area contributed by atoms with Crippen molar-refractivity contribution in [1.82, 2.24) is 14.9 Å². The molecule has 1 aromatic heterocycles. The third-order valence-corrected chi connectivity index (χ3v) is 2.43. The van der Waals surface area contributed by atoms with E-state index in [-0.39, 0.29) is 0 Å². The van der Waals surface area contributed by atoms with Crippen LogP contribution >= 0.6 is 0 Å². The molecule has 0 amide bonds.